The molecule has 5 nitrogen and oxygen atoms in total. The summed E-state index contributed by atoms with van der Waals surface area (Å²) in [6.07, 6.45) is 1.09. The normalized spacial score (nSPS) is 19.9. The Labute approximate surface area is 96.6 Å². The van der Waals surface area contributed by atoms with Crippen LogP contribution < -0.4 is 10.6 Å². The molecule has 1 atom stereocenters. The van der Waals surface area contributed by atoms with Crippen LogP contribution in [0.15, 0.2) is 0 Å². The van der Waals surface area contributed by atoms with Gasteiger partial charge >= 0.3 is 0 Å². The SMILES string of the molecule is CCN(CC)CCNC(=O)C1CCC(=O)N1. The number of carbonyl (C=O) groups excluding carboxylic acids is 2. The molecule has 0 spiro atoms. The molecule has 2 N–H and O–H groups in total. The average Bonchev–Trinajstić information content (AvgIpc) is 2.71. The van der Waals surface area contributed by atoms with Crippen molar-refractivity contribution in [1.29, 1.82) is 0 Å². The zero-order valence-electron chi connectivity index (χ0n) is 10.1. The fourth-order valence-corrected chi connectivity index (χ4v) is 1.81. The molecule has 1 rings (SSSR count). The number of nitrogens with zero attached hydrogens (tertiary/aromatic N) is 1. The second-order valence-electron chi connectivity index (χ2n) is 3.98. The van der Waals surface area contributed by atoms with E-state index < -0.39 is 0 Å². The zero-order valence-corrected chi connectivity index (χ0v) is 10.1. The van der Waals surface area contributed by atoms with E-state index in [0.717, 1.165) is 19.6 Å². The van der Waals surface area contributed by atoms with Crippen molar-refractivity contribution in [3.8, 4) is 0 Å². The largest absolute Gasteiger partial charge is 0.353 e. The summed E-state index contributed by atoms with van der Waals surface area (Å²) >= 11 is 0. The molecule has 92 valence electrons. The third-order valence-electron chi connectivity index (χ3n) is 2.93. The van der Waals surface area contributed by atoms with Crippen LogP contribution in [0, 0.1) is 0 Å². The van der Waals surface area contributed by atoms with E-state index >= 15 is 0 Å². The minimum atomic E-state index is -0.316. The van der Waals surface area contributed by atoms with Gasteiger partial charge in [0.2, 0.25) is 11.8 Å². The molecule has 1 fully saturated rings. The van der Waals surface area contributed by atoms with Gasteiger partial charge in [-0.05, 0) is 19.5 Å². The Morgan fingerprint density at radius 1 is 1.50 bits per heavy atom. The van der Waals surface area contributed by atoms with Gasteiger partial charge in [0.15, 0.2) is 0 Å². The van der Waals surface area contributed by atoms with Crippen LogP contribution in [-0.2, 0) is 9.59 Å². The standard InChI is InChI=1S/C11H21N3O2/c1-3-14(4-2)8-7-12-11(16)9-5-6-10(15)13-9/h9H,3-8H2,1-2H3,(H,12,16)(H,13,15). The molecule has 1 heterocycles. The minimum Gasteiger partial charge on any atom is -0.353 e. The summed E-state index contributed by atoms with van der Waals surface area (Å²) in [5.74, 6) is -0.0816. The fourth-order valence-electron chi connectivity index (χ4n) is 1.81. The summed E-state index contributed by atoms with van der Waals surface area (Å²) in [6, 6.07) is -0.316. The Bertz CT molecular complexity index is 252. The van der Waals surface area contributed by atoms with Crippen molar-refractivity contribution in [2.75, 3.05) is 26.2 Å². The average molecular weight is 227 g/mol. The highest BCUT2D eigenvalue weighted by Crippen LogP contribution is 2.05. The number of likely N-dealkylation sites (N-methyl/N-ethyl adjacent to an activating group) is 1. The lowest BCUT2D eigenvalue weighted by atomic mass is 10.2. The molecule has 2 amide bonds. The van der Waals surface area contributed by atoms with Gasteiger partial charge in [-0.15, -0.1) is 0 Å². The van der Waals surface area contributed by atoms with Gasteiger partial charge in [-0.3, -0.25) is 9.59 Å². The van der Waals surface area contributed by atoms with Gasteiger partial charge in [0, 0.05) is 19.5 Å². The van der Waals surface area contributed by atoms with Crippen molar-refractivity contribution in [3.63, 3.8) is 0 Å². The topological polar surface area (TPSA) is 61.4 Å². The number of carbonyl (C=O) groups is 2. The molecule has 1 saturated heterocycles. The molecule has 5 heteroatoms. The maximum absolute atomic E-state index is 11.6. The summed E-state index contributed by atoms with van der Waals surface area (Å²) in [5, 5.41) is 5.50. The second kappa shape index (κ2) is 6.48. The molecule has 0 aromatic carbocycles. The predicted octanol–water partition coefficient (Wildman–Crippen LogP) is -0.277. The number of amides is 2. The van der Waals surface area contributed by atoms with Crippen LogP contribution >= 0.6 is 0 Å². The Balaban J connectivity index is 2.17. The Hall–Kier alpha value is -1.10. The van der Waals surface area contributed by atoms with Gasteiger partial charge in [-0.1, -0.05) is 13.8 Å². The molecule has 0 aromatic rings. The first-order chi connectivity index (χ1) is 7.67. The second-order valence-corrected chi connectivity index (χ2v) is 3.98. The Morgan fingerprint density at radius 3 is 2.69 bits per heavy atom. The van der Waals surface area contributed by atoms with Crippen LogP contribution in [0.1, 0.15) is 26.7 Å². The molecular formula is C11H21N3O2. The number of hydrogen-bond donors (Lipinski definition) is 2. The van der Waals surface area contributed by atoms with Gasteiger partial charge in [0.05, 0.1) is 0 Å². The highest BCUT2D eigenvalue weighted by molar-refractivity contribution is 5.90. The van der Waals surface area contributed by atoms with E-state index in [4.69, 9.17) is 0 Å². The molecule has 0 bridgehead atoms. The van der Waals surface area contributed by atoms with Crippen LogP contribution in [0.5, 0.6) is 0 Å². The van der Waals surface area contributed by atoms with E-state index in [9.17, 15) is 9.59 Å². The maximum atomic E-state index is 11.6. The van der Waals surface area contributed by atoms with E-state index in [1.165, 1.54) is 0 Å². The van der Waals surface area contributed by atoms with Crippen molar-refractivity contribution >= 4 is 11.8 Å². The molecule has 1 aliphatic rings. The van der Waals surface area contributed by atoms with Crippen molar-refractivity contribution in [1.82, 2.24) is 15.5 Å². The molecule has 0 radical (unpaired) electrons. The molecular weight excluding hydrogens is 206 g/mol. The van der Waals surface area contributed by atoms with E-state index in [2.05, 4.69) is 29.4 Å². The maximum Gasteiger partial charge on any atom is 0.242 e. The Morgan fingerprint density at radius 2 is 2.19 bits per heavy atom. The van der Waals surface area contributed by atoms with E-state index in [0.29, 0.717) is 19.4 Å². The summed E-state index contributed by atoms with van der Waals surface area (Å²) in [7, 11) is 0. The van der Waals surface area contributed by atoms with Gasteiger partial charge in [0.1, 0.15) is 6.04 Å². The summed E-state index contributed by atoms with van der Waals surface area (Å²) in [4.78, 5) is 24.8. The molecule has 16 heavy (non-hydrogen) atoms. The van der Waals surface area contributed by atoms with Crippen molar-refractivity contribution in [2.45, 2.75) is 32.7 Å². The van der Waals surface area contributed by atoms with Crippen LogP contribution in [0.25, 0.3) is 0 Å². The zero-order chi connectivity index (χ0) is 12.0. The quantitative estimate of drug-likeness (QED) is 0.656. The number of rotatable bonds is 6. The predicted molar refractivity (Wildman–Crippen MR) is 62.0 cm³/mol. The minimum absolute atomic E-state index is 0.0242. The summed E-state index contributed by atoms with van der Waals surface area (Å²) in [6.45, 7) is 7.69. The van der Waals surface area contributed by atoms with Crippen LogP contribution in [0.3, 0.4) is 0 Å². The van der Waals surface area contributed by atoms with Crippen molar-refractivity contribution in [2.24, 2.45) is 0 Å². The van der Waals surface area contributed by atoms with E-state index in [1.807, 2.05) is 0 Å². The van der Waals surface area contributed by atoms with Crippen LogP contribution in [0.4, 0.5) is 0 Å². The first-order valence-corrected chi connectivity index (χ1v) is 5.96. The van der Waals surface area contributed by atoms with Gasteiger partial charge < -0.3 is 15.5 Å². The van der Waals surface area contributed by atoms with Crippen molar-refractivity contribution in [3.05, 3.63) is 0 Å². The molecule has 1 aliphatic heterocycles. The fraction of sp³-hybridized carbons (Fsp3) is 0.818. The van der Waals surface area contributed by atoms with Gasteiger partial charge in [-0.2, -0.15) is 0 Å². The lowest BCUT2D eigenvalue weighted by Crippen LogP contribution is -2.44. The molecule has 0 aromatic heterocycles. The van der Waals surface area contributed by atoms with Crippen molar-refractivity contribution < 1.29 is 9.59 Å². The highest BCUT2D eigenvalue weighted by Gasteiger charge is 2.26. The summed E-state index contributed by atoms with van der Waals surface area (Å²) in [5.41, 5.74) is 0. The molecule has 0 aliphatic carbocycles. The van der Waals surface area contributed by atoms with Crippen LogP contribution in [-0.4, -0.2) is 48.9 Å². The van der Waals surface area contributed by atoms with Crippen LogP contribution in [0.2, 0.25) is 0 Å². The Kier molecular flexibility index (Phi) is 5.25. The molecule has 0 saturated carbocycles. The number of hydrogen-bond acceptors (Lipinski definition) is 3. The lowest BCUT2D eigenvalue weighted by Gasteiger charge is -2.18. The van der Waals surface area contributed by atoms with Gasteiger partial charge in [-0.25, -0.2) is 0 Å². The smallest absolute Gasteiger partial charge is 0.242 e. The highest BCUT2D eigenvalue weighted by atomic mass is 16.2. The van der Waals surface area contributed by atoms with Gasteiger partial charge in [0.25, 0.3) is 0 Å². The first-order valence-electron chi connectivity index (χ1n) is 5.96. The van der Waals surface area contributed by atoms with E-state index in [1.54, 1.807) is 0 Å². The lowest BCUT2D eigenvalue weighted by molar-refractivity contribution is -0.125. The number of nitrogens with one attached hydrogen (secondary N) is 2. The third-order valence-corrected chi connectivity index (χ3v) is 2.93. The molecule has 1 unspecified atom stereocenters. The third kappa shape index (κ3) is 3.81. The summed E-state index contributed by atoms with van der Waals surface area (Å²) < 4.78 is 0. The first kappa shape index (κ1) is 13.0. The monoisotopic (exact) mass is 227 g/mol. The van der Waals surface area contributed by atoms with E-state index in [-0.39, 0.29) is 17.9 Å².